The molecule has 0 saturated heterocycles. The number of rotatable bonds is 1. The minimum absolute atomic E-state index is 0.832. The molecule has 13 heavy (non-hydrogen) atoms. The van der Waals surface area contributed by atoms with E-state index in [0.29, 0.717) is 0 Å². The molecule has 0 spiro atoms. The molecular weight excluding hydrogens is 160 g/mol. The molecule has 66 valence electrons. The van der Waals surface area contributed by atoms with Crippen molar-refractivity contribution in [3.63, 3.8) is 0 Å². The summed E-state index contributed by atoms with van der Waals surface area (Å²) in [5.74, 6) is 0. The van der Waals surface area contributed by atoms with E-state index in [4.69, 9.17) is 5.73 Å². The average molecular weight is 172 g/mol. The molecular formula is C11H12N2. The normalized spacial score (nSPS) is 15.5. The van der Waals surface area contributed by atoms with Gasteiger partial charge in [0.25, 0.3) is 0 Å². The molecule has 0 atom stereocenters. The smallest absolute Gasteiger partial charge is 0.0391 e. The number of allylic oxidation sites excluding steroid dienone is 1. The average Bonchev–Trinajstić information content (AvgIpc) is 2.53. The fourth-order valence-electron chi connectivity index (χ4n) is 1.51. The van der Waals surface area contributed by atoms with Crippen molar-refractivity contribution in [1.29, 1.82) is 0 Å². The molecule has 0 saturated carbocycles. The standard InChI is InChI=1S/C11H12N2/c1-8-6-9(7-13-8)10-4-2-3-5-11(10)12/h2-5,7H,6,12H2,1H3. The van der Waals surface area contributed by atoms with Crippen LogP contribution in [0.4, 0.5) is 5.69 Å². The first-order valence-electron chi connectivity index (χ1n) is 4.34. The Morgan fingerprint density at radius 1 is 1.31 bits per heavy atom. The van der Waals surface area contributed by atoms with Crippen molar-refractivity contribution in [1.82, 2.24) is 0 Å². The zero-order valence-electron chi connectivity index (χ0n) is 7.62. The predicted molar refractivity (Wildman–Crippen MR) is 56.6 cm³/mol. The monoisotopic (exact) mass is 172 g/mol. The van der Waals surface area contributed by atoms with Crippen LogP contribution in [0.2, 0.25) is 0 Å². The quantitative estimate of drug-likeness (QED) is 0.649. The number of aliphatic imine (C=N–C) groups is 1. The number of anilines is 1. The summed E-state index contributed by atoms with van der Waals surface area (Å²) in [6.07, 6.45) is 2.83. The molecule has 1 aliphatic heterocycles. The number of para-hydroxylation sites is 1. The number of nitrogens with zero attached hydrogens (tertiary/aromatic N) is 1. The van der Waals surface area contributed by atoms with Gasteiger partial charge in [-0.15, -0.1) is 0 Å². The molecule has 2 N–H and O–H groups in total. The summed E-state index contributed by atoms with van der Waals surface area (Å²) in [5, 5.41) is 0. The van der Waals surface area contributed by atoms with Crippen molar-refractivity contribution in [3.8, 4) is 0 Å². The third-order valence-corrected chi connectivity index (χ3v) is 2.19. The van der Waals surface area contributed by atoms with Gasteiger partial charge in [-0.3, -0.25) is 4.99 Å². The van der Waals surface area contributed by atoms with Crippen LogP contribution in [0.1, 0.15) is 18.9 Å². The summed E-state index contributed by atoms with van der Waals surface area (Å²) in [4.78, 5) is 4.23. The number of nitrogen functional groups attached to an aromatic ring is 1. The van der Waals surface area contributed by atoms with Crippen LogP contribution >= 0.6 is 0 Å². The first-order chi connectivity index (χ1) is 6.27. The maximum absolute atomic E-state index is 5.85. The molecule has 2 heteroatoms. The van der Waals surface area contributed by atoms with E-state index in [1.165, 1.54) is 5.57 Å². The topological polar surface area (TPSA) is 38.4 Å². The Labute approximate surface area is 77.8 Å². The van der Waals surface area contributed by atoms with Crippen LogP contribution in [-0.2, 0) is 0 Å². The first kappa shape index (κ1) is 8.05. The Hall–Kier alpha value is -1.57. The highest BCUT2D eigenvalue weighted by molar-refractivity contribution is 5.98. The van der Waals surface area contributed by atoms with Crippen LogP contribution in [0.5, 0.6) is 0 Å². The van der Waals surface area contributed by atoms with E-state index in [1.54, 1.807) is 0 Å². The fraction of sp³-hybridized carbons (Fsp3) is 0.182. The third kappa shape index (κ3) is 1.47. The predicted octanol–water partition coefficient (Wildman–Crippen LogP) is 2.47. The highest BCUT2D eigenvalue weighted by atomic mass is 14.7. The number of nitrogens with two attached hydrogens (primary N) is 1. The van der Waals surface area contributed by atoms with E-state index in [9.17, 15) is 0 Å². The molecule has 0 radical (unpaired) electrons. The molecule has 0 amide bonds. The van der Waals surface area contributed by atoms with E-state index in [-0.39, 0.29) is 0 Å². The molecule has 0 aliphatic carbocycles. The van der Waals surface area contributed by atoms with Gasteiger partial charge >= 0.3 is 0 Å². The van der Waals surface area contributed by atoms with Crippen LogP contribution in [0, 0.1) is 0 Å². The lowest BCUT2D eigenvalue weighted by molar-refractivity contribution is 1.47. The van der Waals surface area contributed by atoms with Gasteiger partial charge in [0.05, 0.1) is 0 Å². The third-order valence-electron chi connectivity index (χ3n) is 2.19. The molecule has 0 bridgehead atoms. The van der Waals surface area contributed by atoms with Crippen molar-refractivity contribution < 1.29 is 0 Å². The van der Waals surface area contributed by atoms with Gasteiger partial charge in [-0.1, -0.05) is 18.2 Å². The van der Waals surface area contributed by atoms with Crippen LogP contribution in [-0.4, -0.2) is 5.71 Å². The number of hydrogen-bond acceptors (Lipinski definition) is 2. The Kier molecular flexibility index (Phi) is 1.89. The van der Waals surface area contributed by atoms with Gasteiger partial charge in [-0.25, -0.2) is 0 Å². The summed E-state index contributed by atoms with van der Waals surface area (Å²) >= 11 is 0. The molecule has 0 fully saturated rings. The second kappa shape index (κ2) is 3.05. The summed E-state index contributed by atoms with van der Waals surface area (Å²) in [6.45, 7) is 2.03. The van der Waals surface area contributed by atoms with Crippen LogP contribution in [0.3, 0.4) is 0 Å². The highest BCUT2D eigenvalue weighted by Gasteiger charge is 2.10. The second-order valence-electron chi connectivity index (χ2n) is 3.28. The van der Waals surface area contributed by atoms with Crippen molar-refractivity contribution in [2.75, 3.05) is 5.73 Å². The van der Waals surface area contributed by atoms with E-state index in [1.807, 2.05) is 37.4 Å². The van der Waals surface area contributed by atoms with Gasteiger partial charge in [-0.2, -0.15) is 0 Å². The second-order valence-corrected chi connectivity index (χ2v) is 3.28. The first-order valence-corrected chi connectivity index (χ1v) is 4.34. The zero-order valence-corrected chi connectivity index (χ0v) is 7.62. The Balaban J connectivity index is 2.34. The molecule has 2 rings (SSSR count). The van der Waals surface area contributed by atoms with Crippen LogP contribution in [0.15, 0.2) is 35.5 Å². The summed E-state index contributed by atoms with van der Waals surface area (Å²) < 4.78 is 0. The summed E-state index contributed by atoms with van der Waals surface area (Å²) in [6, 6.07) is 7.90. The molecule has 0 aromatic heterocycles. The molecule has 1 aromatic carbocycles. The van der Waals surface area contributed by atoms with Gasteiger partial charge in [0.2, 0.25) is 0 Å². The molecule has 1 aromatic rings. The maximum atomic E-state index is 5.85. The minimum atomic E-state index is 0.832. The lowest BCUT2D eigenvalue weighted by atomic mass is 10.0. The van der Waals surface area contributed by atoms with E-state index < -0.39 is 0 Å². The molecule has 1 aliphatic rings. The SMILES string of the molecule is CC1=NC=C(c2ccccc2N)C1. The van der Waals surface area contributed by atoms with Crippen LogP contribution < -0.4 is 5.73 Å². The van der Waals surface area contributed by atoms with E-state index >= 15 is 0 Å². The van der Waals surface area contributed by atoms with Gasteiger partial charge in [0, 0.05) is 29.6 Å². The molecule has 1 heterocycles. The largest absolute Gasteiger partial charge is 0.398 e. The lowest BCUT2D eigenvalue weighted by Crippen LogP contribution is -1.94. The van der Waals surface area contributed by atoms with Gasteiger partial charge in [-0.05, 0) is 18.6 Å². The lowest BCUT2D eigenvalue weighted by Gasteiger charge is -2.04. The zero-order chi connectivity index (χ0) is 9.26. The van der Waals surface area contributed by atoms with Gasteiger partial charge < -0.3 is 5.73 Å². The highest BCUT2D eigenvalue weighted by Crippen LogP contribution is 2.27. The van der Waals surface area contributed by atoms with Crippen molar-refractivity contribution in [2.45, 2.75) is 13.3 Å². The summed E-state index contributed by atoms with van der Waals surface area (Å²) in [5.41, 5.74) is 10.2. The molecule has 0 unspecified atom stereocenters. The van der Waals surface area contributed by atoms with Gasteiger partial charge in [0.15, 0.2) is 0 Å². The van der Waals surface area contributed by atoms with Crippen molar-refractivity contribution in [2.24, 2.45) is 4.99 Å². The van der Waals surface area contributed by atoms with Crippen molar-refractivity contribution in [3.05, 3.63) is 36.0 Å². The molecule has 2 nitrogen and oxygen atoms in total. The Morgan fingerprint density at radius 2 is 2.08 bits per heavy atom. The van der Waals surface area contributed by atoms with Crippen molar-refractivity contribution >= 4 is 17.0 Å². The Bertz CT molecular complexity index is 389. The number of hydrogen-bond donors (Lipinski definition) is 1. The number of benzene rings is 1. The summed E-state index contributed by atoms with van der Waals surface area (Å²) in [7, 11) is 0. The van der Waals surface area contributed by atoms with E-state index in [0.717, 1.165) is 23.4 Å². The van der Waals surface area contributed by atoms with Crippen LogP contribution in [0.25, 0.3) is 5.57 Å². The Morgan fingerprint density at radius 3 is 2.69 bits per heavy atom. The van der Waals surface area contributed by atoms with E-state index in [2.05, 4.69) is 4.99 Å². The van der Waals surface area contributed by atoms with Gasteiger partial charge in [0.1, 0.15) is 0 Å². The fourth-order valence-corrected chi connectivity index (χ4v) is 1.51. The maximum Gasteiger partial charge on any atom is 0.0391 e. The minimum Gasteiger partial charge on any atom is -0.398 e.